The summed E-state index contributed by atoms with van der Waals surface area (Å²) in [5, 5.41) is 2.53. The molecule has 122 valence electrons. The number of nitrogens with two attached hydrogens (primary N) is 1. The van der Waals surface area contributed by atoms with Crippen molar-refractivity contribution in [2.45, 2.75) is 25.8 Å². The lowest BCUT2D eigenvalue weighted by atomic mass is 10.1. The maximum absolute atomic E-state index is 12.0. The third-order valence-electron chi connectivity index (χ3n) is 3.25. The van der Waals surface area contributed by atoms with Crippen LogP contribution in [-0.2, 0) is 0 Å². The number of ketones is 1. The van der Waals surface area contributed by atoms with Crippen LogP contribution < -0.4 is 11.1 Å². The first-order valence-corrected chi connectivity index (χ1v) is 8.08. The molecule has 0 aliphatic rings. The van der Waals surface area contributed by atoms with Crippen LogP contribution in [0.25, 0.3) is 0 Å². The minimum Gasteiger partial charge on any atom is -0.446 e. The van der Waals surface area contributed by atoms with Crippen molar-refractivity contribution < 1.29 is 14.0 Å². The average molecular weight is 380 g/mol. The number of hydrogen-bond acceptors (Lipinski definition) is 5. The molecule has 2 aromatic rings. The van der Waals surface area contributed by atoms with E-state index in [9.17, 15) is 9.59 Å². The van der Waals surface area contributed by atoms with Gasteiger partial charge in [-0.1, -0.05) is 41.4 Å². The summed E-state index contributed by atoms with van der Waals surface area (Å²) in [4.78, 5) is 28.1. The van der Waals surface area contributed by atoms with E-state index in [-0.39, 0.29) is 24.1 Å². The standard InChI is InChI=1S/C16H18BrN3O3/c1-2-3-12(18)16-20-13(9-23-16)15(22)19-8-14(21)10-4-6-11(17)7-5-10/h4-7,9,12H,2-3,8,18H2,1H3,(H,19,22). The third kappa shape index (κ3) is 4.74. The number of hydrogen-bond donors (Lipinski definition) is 2. The summed E-state index contributed by atoms with van der Waals surface area (Å²) in [7, 11) is 0. The highest BCUT2D eigenvalue weighted by Crippen LogP contribution is 2.15. The minimum atomic E-state index is -0.464. The van der Waals surface area contributed by atoms with E-state index in [0.717, 1.165) is 17.3 Å². The molecule has 0 bridgehead atoms. The van der Waals surface area contributed by atoms with Gasteiger partial charge in [0, 0.05) is 10.0 Å². The van der Waals surface area contributed by atoms with Crippen molar-refractivity contribution in [2.24, 2.45) is 5.73 Å². The van der Waals surface area contributed by atoms with Gasteiger partial charge in [-0.15, -0.1) is 0 Å². The molecule has 0 aliphatic heterocycles. The Morgan fingerprint density at radius 3 is 2.70 bits per heavy atom. The van der Waals surface area contributed by atoms with Crippen LogP contribution in [0.2, 0.25) is 0 Å². The number of rotatable bonds is 7. The minimum absolute atomic E-state index is 0.107. The van der Waals surface area contributed by atoms with Crippen molar-refractivity contribution in [3.8, 4) is 0 Å². The number of Topliss-reactive ketones (excluding diaryl/α,β-unsaturated/α-hetero) is 1. The lowest BCUT2D eigenvalue weighted by molar-refractivity contribution is 0.0900. The Morgan fingerprint density at radius 1 is 1.35 bits per heavy atom. The number of amides is 1. The molecule has 1 atom stereocenters. The molecule has 0 fully saturated rings. The van der Waals surface area contributed by atoms with Crippen LogP contribution in [0.3, 0.4) is 0 Å². The third-order valence-corrected chi connectivity index (χ3v) is 3.78. The molecule has 23 heavy (non-hydrogen) atoms. The van der Waals surface area contributed by atoms with Crippen LogP contribution in [0.5, 0.6) is 0 Å². The first kappa shape index (κ1) is 17.4. The van der Waals surface area contributed by atoms with Gasteiger partial charge in [0.1, 0.15) is 6.26 Å². The zero-order chi connectivity index (χ0) is 16.8. The van der Waals surface area contributed by atoms with Gasteiger partial charge >= 0.3 is 0 Å². The van der Waals surface area contributed by atoms with Crippen LogP contribution in [0.4, 0.5) is 0 Å². The fourth-order valence-electron chi connectivity index (χ4n) is 1.99. The van der Waals surface area contributed by atoms with Crippen molar-refractivity contribution in [1.29, 1.82) is 0 Å². The molecular formula is C16H18BrN3O3. The van der Waals surface area contributed by atoms with E-state index in [1.807, 2.05) is 6.92 Å². The number of benzene rings is 1. The quantitative estimate of drug-likeness (QED) is 0.720. The predicted octanol–water partition coefficient (Wildman–Crippen LogP) is 2.85. The molecule has 0 saturated carbocycles. The highest BCUT2D eigenvalue weighted by atomic mass is 79.9. The summed E-state index contributed by atoms with van der Waals surface area (Å²) in [6, 6.07) is 6.60. The predicted molar refractivity (Wildman–Crippen MR) is 89.1 cm³/mol. The Labute approximate surface area is 142 Å². The van der Waals surface area contributed by atoms with Crippen LogP contribution in [0.1, 0.15) is 52.5 Å². The Bertz CT molecular complexity index is 682. The monoisotopic (exact) mass is 379 g/mol. The summed E-state index contributed by atoms with van der Waals surface area (Å²) in [6.07, 6.45) is 2.88. The number of oxazole rings is 1. The second kappa shape index (κ2) is 8.03. The van der Waals surface area contributed by atoms with Gasteiger partial charge in [0.05, 0.1) is 12.6 Å². The number of halogens is 1. The molecule has 0 spiro atoms. The van der Waals surface area contributed by atoms with Crippen molar-refractivity contribution in [1.82, 2.24) is 10.3 Å². The molecule has 7 heteroatoms. The lowest BCUT2D eigenvalue weighted by Gasteiger charge is -2.04. The maximum Gasteiger partial charge on any atom is 0.273 e. The molecule has 3 N–H and O–H groups in total. The molecule has 0 radical (unpaired) electrons. The number of carbonyl (C=O) groups excluding carboxylic acids is 2. The summed E-state index contributed by atoms with van der Waals surface area (Å²) < 4.78 is 6.10. The topological polar surface area (TPSA) is 98.2 Å². The molecule has 1 amide bonds. The molecule has 1 aromatic heterocycles. The van der Waals surface area contributed by atoms with Crippen LogP contribution in [0, 0.1) is 0 Å². The van der Waals surface area contributed by atoms with Gasteiger partial charge in [-0.05, 0) is 18.6 Å². The molecule has 1 unspecified atom stereocenters. The zero-order valence-corrected chi connectivity index (χ0v) is 14.3. The van der Waals surface area contributed by atoms with Gasteiger partial charge in [0.25, 0.3) is 5.91 Å². The molecule has 2 rings (SSSR count). The highest BCUT2D eigenvalue weighted by Gasteiger charge is 2.17. The van der Waals surface area contributed by atoms with E-state index in [1.54, 1.807) is 24.3 Å². The van der Waals surface area contributed by atoms with Crippen LogP contribution in [-0.4, -0.2) is 23.2 Å². The normalized spacial score (nSPS) is 12.0. The van der Waals surface area contributed by atoms with E-state index < -0.39 is 5.91 Å². The van der Waals surface area contributed by atoms with Crippen molar-refractivity contribution in [3.63, 3.8) is 0 Å². The summed E-state index contributed by atoms with van der Waals surface area (Å²) in [6.45, 7) is 1.90. The number of aromatic nitrogens is 1. The van der Waals surface area contributed by atoms with Crippen molar-refractivity contribution in [2.75, 3.05) is 6.54 Å². The Morgan fingerprint density at radius 2 is 2.04 bits per heavy atom. The Kier molecular flexibility index (Phi) is 6.06. The van der Waals surface area contributed by atoms with E-state index in [2.05, 4.69) is 26.2 Å². The van der Waals surface area contributed by atoms with Crippen molar-refractivity contribution in [3.05, 3.63) is 52.1 Å². The van der Waals surface area contributed by atoms with E-state index >= 15 is 0 Å². The van der Waals surface area contributed by atoms with Crippen molar-refractivity contribution >= 4 is 27.6 Å². The Hall–Kier alpha value is -1.99. The smallest absolute Gasteiger partial charge is 0.273 e. The molecule has 0 aliphatic carbocycles. The van der Waals surface area contributed by atoms with Gasteiger partial charge in [0.2, 0.25) is 5.89 Å². The molecule has 0 saturated heterocycles. The van der Waals surface area contributed by atoms with Gasteiger partial charge in [-0.2, -0.15) is 0 Å². The second-order valence-corrected chi connectivity index (χ2v) is 5.99. The molecule has 6 nitrogen and oxygen atoms in total. The lowest BCUT2D eigenvalue weighted by Crippen LogP contribution is -2.29. The van der Waals surface area contributed by atoms with Gasteiger partial charge in [-0.3, -0.25) is 9.59 Å². The van der Waals surface area contributed by atoms with E-state index in [1.165, 1.54) is 6.26 Å². The van der Waals surface area contributed by atoms with Crippen LogP contribution >= 0.6 is 15.9 Å². The van der Waals surface area contributed by atoms with E-state index in [0.29, 0.717) is 11.5 Å². The van der Waals surface area contributed by atoms with E-state index in [4.69, 9.17) is 10.2 Å². The summed E-state index contributed by atoms with van der Waals surface area (Å²) in [5.74, 6) is -0.317. The zero-order valence-electron chi connectivity index (χ0n) is 12.7. The first-order chi connectivity index (χ1) is 11.0. The number of nitrogens with one attached hydrogen (secondary N) is 1. The Balaban J connectivity index is 1.92. The molecule has 1 heterocycles. The largest absolute Gasteiger partial charge is 0.446 e. The summed E-state index contributed by atoms with van der Waals surface area (Å²) >= 11 is 3.30. The maximum atomic E-state index is 12.0. The second-order valence-electron chi connectivity index (χ2n) is 5.08. The van der Waals surface area contributed by atoms with Gasteiger partial charge in [-0.25, -0.2) is 4.98 Å². The first-order valence-electron chi connectivity index (χ1n) is 7.29. The molecular weight excluding hydrogens is 362 g/mol. The fourth-order valence-corrected chi connectivity index (χ4v) is 2.25. The number of carbonyl (C=O) groups is 2. The average Bonchev–Trinajstić information content (AvgIpc) is 3.03. The molecule has 1 aromatic carbocycles. The SMILES string of the molecule is CCCC(N)c1nc(C(=O)NCC(=O)c2ccc(Br)cc2)co1. The summed E-state index contributed by atoms with van der Waals surface area (Å²) in [5.41, 5.74) is 6.53. The fraction of sp³-hybridized carbons (Fsp3) is 0.312. The van der Waals surface area contributed by atoms with Gasteiger partial charge < -0.3 is 15.5 Å². The highest BCUT2D eigenvalue weighted by molar-refractivity contribution is 9.10. The number of nitrogens with zero attached hydrogens (tertiary/aromatic N) is 1. The van der Waals surface area contributed by atoms with Crippen LogP contribution in [0.15, 0.2) is 39.4 Å². The van der Waals surface area contributed by atoms with Gasteiger partial charge in [0.15, 0.2) is 11.5 Å².